The minimum absolute atomic E-state index is 0.113. The van der Waals surface area contributed by atoms with Gasteiger partial charge in [0.2, 0.25) is 0 Å². The molecule has 1 aromatic rings. The number of amides is 1. The van der Waals surface area contributed by atoms with Crippen molar-refractivity contribution < 1.29 is 22.7 Å². The maximum atomic E-state index is 12.5. The summed E-state index contributed by atoms with van der Waals surface area (Å²) in [5.74, 6) is 0. The summed E-state index contributed by atoms with van der Waals surface area (Å²) >= 11 is 0. The van der Waals surface area contributed by atoms with Gasteiger partial charge >= 0.3 is 12.3 Å². The van der Waals surface area contributed by atoms with Crippen LogP contribution in [0.15, 0.2) is 23.9 Å². The molecule has 2 aliphatic rings. The van der Waals surface area contributed by atoms with Crippen molar-refractivity contribution in [3.63, 3.8) is 0 Å². The molecule has 2 heterocycles. The van der Waals surface area contributed by atoms with E-state index in [-0.39, 0.29) is 11.5 Å². The molecule has 1 saturated carbocycles. The molecule has 0 N–H and O–H groups in total. The molecule has 7 heteroatoms. The Hall–Kier alpha value is -2.05. The number of carbonyl (C=O) groups excluding carboxylic acids is 1. The lowest BCUT2D eigenvalue weighted by molar-refractivity contribution is -0.141. The number of nitrogens with zero attached hydrogens (tertiary/aromatic N) is 2. The van der Waals surface area contributed by atoms with Crippen LogP contribution in [0.1, 0.15) is 44.9 Å². The summed E-state index contributed by atoms with van der Waals surface area (Å²) in [4.78, 5) is 17.1. The maximum Gasteiger partial charge on any atom is 0.433 e. The monoisotopic (exact) mass is 354 g/mol. The first-order valence-corrected chi connectivity index (χ1v) is 8.17. The standard InChI is InChI=1S/C18H21F3N2O2/c1-16(2,3)25-15(24)23-10-17(11-23)7-13(8-17)6-12-4-5-14(22-9-12)18(19,20)21/h4-6,9H,7-8,10-11H2,1-3H3. The zero-order valence-corrected chi connectivity index (χ0v) is 14.5. The largest absolute Gasteiger partial charge is 0.444 e. The fraction of sp³-hybridized carbons (Fsp3) is 0.556. The van der Waals surface area contributed by atoms with Crippen LogP contribution in [-0.2, 0) is 10.9 Å². The number of pyridine rings is 1. The van der Waals surface area contributed by atoms with Crippen LogP contribution in [0.25, 0.3) is 6.08 Å². The molecule has 2 fully saturated rings. The molecule has 0 bridgehead atoms. The number of allylic oxidation sites excluding steroid dienone is 1. The van der Waals surface area contributed by atoms with E-state index in [2.05, 4.69) is 4.98 Å². The summed E-state index contributed by atoms with van der Waals surface area (Å²) in [6, 6.07) is 2.43. The molecule has 136 valence electrons. The van der Waals surface area contributed by atoms with E-state index in [0.717, 1.165) is 18.9 Å². The van der Waals surface area contributed by atoms with Gasteiger partial charge in [-0.15, -0.1) is 0 Å². The van der Waals surface area contributed by atoms with Gasteiger partial charge in [0.25, 0.3) is 0 Å². The Morgan fingerprint density at radius 3 is 2.36 bits per heavy atom. The minimum atomic E-state index is -4.41. The Labute approximate surface area is 144 Å². The fourth-order valence-corrected chi connectivity index (χ4v) is 3.35. The second kappa shape index (κ2) is 5.75. The van der Waals surface area contributed by atoms with Crippen molar-refractivity contribution in [3.05, 3.63) is 35.2 Å². The van der Waals surface area contributed by atoms with Gasteiger partial charge in [0.15, 0.2) is 0 Å². The number of halogens is 3. The van der Waals surface area contributed by atoms with Crippen LogP contribution < -0.4 is 0 Å². The lowest BCUT2D eigenvalue weighted by Crippen LogP contribution is -2.62. The van der Waals surface area contributed by atoms with Gasteiger partial charge in [0.1, 0.15) is 11.3 Å². The topological polar surface area (TPSA) is 42.4 Å². The van der Waals surface area contributed by atoms with Crippen molar-refractivity contribution in [2.75, 3.05) is 13.1 Å². The Kier molecular flexibility index (Phi) is 4.08. The Bertz CT molecular complexity index is 687. The highest BCUT2D eigenvalue weighted by Crippen LogP contribution is 2.52. The van der Waals surface area contributed by atoms with Gasteiger partial charge in [0, 0.05) is 24.7 Å². The van der Waals surface area contributed by atoms with Crippen LogP contribution in [0.2, 0.25) is 0 Å². The van der Waals surface area contributed by atoms with E-state index in [9.17, 15) is 18.0 Å². The van der Waals surface area contributed by atoms with Gasteiger partial charge in [-0.05, 0) is 45.2 Å². The van der Waals surface area contributed by atoms with Crippen molar-refractivity contribution in [1.82, 2.24) is 9.88 Å². The molecule has 1 saturated heterocycles. The second-order valence-electron chi connectivity index (χ2n) is 7.97. The fourth-order valence-electron chi connectivity index (χ4n) is 3.35. The Morgan fingerprint density at radius 2 is 1.88 bits per heavy atom. The number of carbonyl (C=O) groups is 1. The van der Waals surface area contributed by atoms with Gasteiger partial charge in [-0.25, -0.2) is 4.79 Å². The van der Waals surface area contributed by atoms with Crippen LogP contribution >= 0.6 is 0 Å². The maximum absolute atomic E-state index is 12.5. The molecular weight excluding hydrogens is 333 g/mol. The predicted octanol–water partition coefficient (Wildman–Crippen LogP) is 4.51. The number of alkyl halides is 3. The van der Waals surface area contributed by atoms with Gasteiger partial charge in [-0.1, -0.05) is 17.7 Å². The smallest absolute Gasteiger partial charge is 0.433 e. The number of aromatic nitrogens is 1. The lowest BCUT2D eigenvalue weighted by atomic mass is 9.60. The third-order valence-corrected chi connectivity index (χ3v) is 4.36. The second-order valence-corrected chi connectivity index (χ2v) is 7.97. The number of hydrogen-bond donors (Lipinski definition) is 0. The third kappa shape index (κ3) is 3.96. The predicted molar refractivity (Wildman–Crippen MR) is 86.7 cm³/mol. The van der Waals surface area contributed by atoms with Crippen molar-refractivity contribution >= 4 is 12.2 Å². The molecule has 4 nitrogen and oxygen atoms in total. The van der Waals surface area contributed by atoms with Crippen LogP contribution in [0, 0.1) is 5.41 Å². The van der Waals surface area contributed by atoms with Gasteiger partial charge in [-0.2, -0.15) is 13.2 Å². The zero-order chi connectivity index (χ0) is 18.5. The van der Waals surface area contributed by atoms with Crippen LogP contribution in [0.5, 0.6) is 0 Å². The summed E-state index contributed by atoms with van der Waals surface area (Å²) in [5, 5.41) is 0. The molecule has 1 aliphatic heterocycles. The number of ether oxygens (including phenoxy) is 1. The van der Waals surface area contributed by atoms with E-state index >= 15 is 0 Å². The molecule has 1 spiro atoms. The van der Waals surface area contributed by atoms with Crippen LogP contribution in [0.4, 0.5) is 18.0 Å². The molecule has 0 radical (unpaired) electrons. The highest BCUT2D eigenvalue weighted by molar-refractivity contribution is 5.70. The van der Waals surface area contributed by atoms with Crippen molar-refractivity contribution in [3.8, 4) is 0 Å². The van der Waals surface area contributed by atoms with Crippen LogP contribution in [0.3, 0.4) is 0 Å². The first-order chi connectivity index (χ1) is 11.5. The molecule has 0 aromatic carbocycles. The average molecular weight is 354 g/mol. The molecule has 1 aromatic heterocycles. The molecule has 0 unspecified atom stereocenters. The summed E-state index contributed by atoms with van der Waals surface area (Å²) < 4.78 is 42.8. The Morgan fingerprint density at radius 1 is 1.24 bits per heavy atom. The van der Waals surface area contributed by atoms with Crippen molar-refractivity contribution in [2.45, 2.75) is 45.4 Å². The van der Waals surface area contributed by atoms with Gasteiger partial charge in [0.05, 0.1) is 0 Å². The van der Waals surface area contributed by atoms with E-state index in [4.69, 9.17) is 4.74 Å². The van der Waals surface area contributed by atoms with E-state index < -0.39 is 17.5 Å². The first-order valence-electron chi connectivity index (χ1n) is 8.17. The molecule has 3 rings (SSSR count). The highest BCUT2D eigenvalue weighted by Gasteiger charge is 2.52. The van der Waals surface area contributed by atoms with Gasteiger partial charge in [-0.3, -0.25) is 4.98 Å². The number of likely N-dealkylation sites (tertiary alicyclic amines) is 1. The summed E-state index contributed by atoms with van der Waals surface area (Å²) in [5.41, 5.74) is 0.570. The molecule has 25 heavy (non-hydrogen) atoms. The summed E-state index contributed by atoms with van der Waals surface area (Å²) in [6.07, 6.45) is 0.134. The number of hydrogen-bond acceptors (Lipinski definition) is 3. The summed E-state index contributed by atoms with van der Waals surface area (Å²) in [7, 11) is 0. The van der Waals surface area contributed by atoms with Crippen molar-refractivity contribution in [1.29, 1.82) is 0 Å². The summed E-state index contributed by atoms with van der Waals surface area (Å²) in [6.45, 7) is 6.85. The van der Waals surface area contributed by atoms with E-state index in [1.807, 2.05) is 26.8 Å². The quantitative estimate of drug-likeness (QED) is 0.745. The first kappa shape index (κ1) is 17.8. The van der Waals surface area contributed by atoms with E-state index in [1.54, 1.807) is 4.90 Å². The molecular formula is C18H21F3N2O2. The number of rotatable bonds is 1. The zero-order valence-electron chi connectivity index (χ0n) is 14.5. The SMILES string of the molecule is CC(C)(C)OC(=O)N1CC2(CC(=Cc3ccc(C(F)(F)F)nc3)C2)C1. The normalized spacial score (nSPS) is 19.3. The van der Waals surface area contributed by atoms with E-state index in [0.29, 0.717) is 18.7 Å². The Balaban J connectivity index is 1.52. The molecule has 1 amide bonds. The lowest BCUT2D eigenvalue weighted by Gasteiger charge is -2.56. The highest BCUT2D eigenvalue weighted by atomic mass is 19.4. The third-order valence-electron chi connectivity index (χ3n) is 4.36. The van der Waals surface area contributed by atoms with Crippen molar-refractivity contribution in [2.24, 2.45) is 5.41 Å². The molecule has 0 atom stereocenters. The van der Waals surface area contributed by atoms with Gasteiger partial charge < -0.3 is 9.64 Å². The van der Waals surface area contributed by atoms with Crippen LogP contribution in [-0.4, -0.2) is 34.7 Å². The van der Waals surface area contributed by atoms with E-state index in [1.165, 1.54) is 17.8 Å². The average Bonchev–Trinajstić information content (AvgIpc) is 2.37. The molecule has 1 aliphatic carbocycles. The minimum Gasteiger partial charge on any atom is -0.444 e.